The van der Waals surface area contributed by atoms with E-state index >= 15 is 0 Å². The molecule has 0 unspecified atom stereocenters. The number of rotatable bonds is 6. The maximum atomic E-state index is 12.1. The summed E-state index contributed by atoms with van der Waals surface area (Å²) in [6.07, 6.45) is 7.92. The molecule has 4 heterocycles. The van der Waals surface area contributed by atoms with Crippen molar-refractivity contribution in [2.24, 2.45) is 0 Å². The van der Waals surface area contributed by atoms with Crippen LogP contribution in [0.5, 0.6) is 11.6 Å². The third-order valence-electron chi connectivity index (χ3n) is 4.89. The zero-order valence-electron chi connectivity index (χ0n) is 17.1. The maximum absolute atomic E-state index is 12.1. The number of nitrogens with zero attached hydrogens (tertiary/aromatic N) is 4. The van der Waals surface area contributed by atoms with Crippen LogP contribution >= 0.6 is 11.3 Å². The maximum Gasteiger partial charge on any atom is 0.323 e. The summed E-state index contributed by atoms with van der Waals surface area (Å²) in [6.45, 7) is 2.19. The van der Waals surface area contributed by atoms with Gasteiger partial charge in [0.25, 0.3) is 0 Å². The molecule has 4 aromatic rings. The zero-order chi connectivity index (χ0) is 21.8. The van der Waals surface area contributed by atoms with E-state index in [9.17, 15) is 4.79 Å². The average Bonchev–Trinajstić information content (AvgIpc) is 3.24. The van der Waals surface area contributed by atoms with E-state index < -0.39 is 0 Å². The summed E-state index contributed by atoms with van der Waals surface area (Å²) in [4.78, 5) is 28.2. The first-order valence-electron chi connectivity index (χ1n) is 10.2. The predicted molar refractivity (Wildman–Crippen MR) is 126 cm³/mol. The number of hydrogen-bond donors (Lipinski definition) is 2. The molecule has 0 aliphatic carbocycles. The molecule has 1 aromatic carbocycles. The van der Waals surface area contributed by atoms with Crippen molar-refractivity contribution >= 4 is 33.9 Å². The number of aromatic nitrogens is 3. The first-order chi connectivity index (χ1) is 15.7. The van der Waals surface area contributed by atoms with Gasteiger partial charge in [0.05, 0.1) is 28.6 Å². The second-order valence-electron chi connectivity index (χ2n) is 7.18. The number of ether oxygens (including phenoxy) is 1. The van der Waals surface area contributed by atoms with Gasteiger partial charge < -0.3 is 20.3 Å². The molecule has 5 rings (SSSR count). The van der Waals surface area contributed by atoms with Gasteiger partial charge in [0.1, 0.15) is 5.75 Å². The van der Waals surface area contributed by atoms with Gasteiger partial charge in [-0.05, 0) is 54.4 Å². The number of amides is 2. The Labute approximate surface area is 188 Å². The quantitative estimate of drug-likeness (QED) is 0.422. The topological polar surface area (TPSA) is 92.3 Å². The lowest BCUT2D eigenvalue weighted by atomic mass is 10.2. The third kappa shape index (κ3) is 4.68. The Morgan fingerprint density at radius 2 is 1.75 bits per heavy atom. The second-order valence-corrected chi connectivity index (χ2v) is 8.19. The summed E-state index contributed by atoms with van der Waals surface area (Å²) in [5.41, 5.74) is 2.27. The Bertz CT molecular complexity index is 1190. The van der Waals surface area contributed by atoms with Crippen LogP contribution in [0, 0.1) is 0 Å². The van der Waals surface area contributed by atoms with Gasteiger partial charge in [0, 0.05) is 31.5 Å². The minimum Gasteiger partial charge on any atom is -0.439 e. The molecule has 0 radical (unpaired) electrons. The van der Waals surface area contributed by atoms with E-state index in [0.717, 1.165) is 28.7 Å². The number of nitrogens with one attached hydrogen (secondary N) is 2. The zero-order valence-corrected chi connectivity index (χ0v) is 17.9. The molecule has 32 heavy (non-hydrogen) atoms. The molecule has 2 N–H and O–H groups in total. The Morgan fingerprint density at radius 3 is 2.41 bits per heavy atom. The molecule has 9 heteroatoms. The van der Waals surface area contributed by atoms with Gasteiger partial charge in [-0.2, -0.15) is 0 Å². The fraction of sp³-hybridized carbons (Fsp3) is 0.130. The van der Waals surface area contributed by atoms with Crippen molar-refractivity contribution in [2.45, 2.75) is 6.42 Å². The molecule has 0 bridgehead atoms. The van der Waals surface area contributed by atoms with Crippen LogP contribution in [0.4, 0.5) is 21.3 Å². The molecule has 0 atom stereocenters. The smallest absolute Gasteiger partial charge is 0.323 e. The van der Waals surface area contributed by atoms with Crippen LogP contribution in [0.15, 0.2) is 73.3 Å². The van der Waals surface area contributed by atoms with Crippen molar-refractivity contribution in [1.82, 2.24) is 15.0 Å². The van der Waals surface area contributed by atoms with E-state index in [1.807, 2.05) is 30.5 Å². The third-order valence-corrected chi connectivity index (χ3v) is 6.00. The van der Waals surface area contributed by atoms with Crippen LogP contribution in [-0.2, 0) is 0 Å². The summed E-state index contributed by atoms with van der Waals surface area (Å²) < 4.78 is 5.83. The van der Waals surface area contributed by atoms with Crippen molar-refractivity contribution < 1.29 is 9.53 Å². The summed E-state index contributed by atoms with van der Waals surface area (Å²) in [5, 5.41) is 6.50. The van der Waals surface area contributed by atoms with Crippen LogP contribution in [0.3, 0.4) is 0 Å². The molecule has 2 amide bonds. The van der Waals surface area contributed by atoms with E-state index in [1.165, 1.54) is 6.42 Å². The molecule has 0 saturated carbocycles. The minimum atomic E-state index is -0.371. The van der Waals surface area contributed by atoms with E-state index in [-0.39, 0.29) is 6.03 Å². The highest BCUT2D eigenvalue weighted by atomic mass is 32.1. The first-order valence-corrected chi connectivity index (χ1v) is 11.0. The number of carbonyl (C=O) groups is 1. The molecule has 0 spiro atoms. The number of thiazole rings is 1. The summed E-state index contributed by atoms with van der Waals surface area (Å²) in [5.74, 6) is 1.12. The summed E-state index contributed by atoms with van der Waals surface area (Å²) in [7, 11) is 0. The van der Waals surface area contributed by atoms with Crippen LogP contribution in [0.1, 0.15) is 6.42 Å². The highest BCUT2D eigenvalue weighted by Gasteiger charge is 2.18. The number of urea groups is 1. The van der Waals surface area contributed by atoms with E-state index in [2.05, 4.69) is 30.5 Å². The lowest BCUT2D eigenvalue weighted by molar-refractivity contribution is 0.262. The second kappa shape index (κ2) is 9.03. The molecule has 1 aliphatic heterocycles. The summed E-state index contributed by atoms with van der Waals surface area (Å²) in [6, 6.07) is 14.4. The van der Waals surface area contributed by atoms with Crippen molar-refractivity contribution in [2.75, 3.05) is 28.6 Å². The fourth-order valence-corrected chi connectivity index (χ4v) is 4.08. The van der Waals surface area contributed by atoms with E-state index in [4.69, 9.17) is 4.74 Å². The van der Waals surface area contributed by atoms with Crippen molar-refractivity contribution in [3.8, 4) is 22.1 Å². The van der Waals surface area contributed by atoms with Crippen molar-refractivity contribution in [3.05, 3.63) is 73.3 Å². The Balaban J connectivity index is 1.17. The lowest BCUT2D eigenvalue weighted by Gasteiger charge is -2.30. The van der Waals surface area contributed by atoms with Crippen LogP contribution in [0.25, 0.3) is 10.4 Å². The molecule has 8 nitrogen and oxygen atoms in total. The van der Waals surface area contributed by atoms with Crippen molar-refractivity contribution in [3.63, 3.8) is 0 Å². The van der Waals surface area contributed by atoms with Crippen LogP contribution < -0.4 is 20.3 Å². The van der Waals surface area contributed by atoms with E-state index in [0.29, 0.717) is 23.0 Å². The van der Waals surface area contributed by atoms with Gasteiger partial charge in [-0.3, -0.25) is 4.98 Å². The van der Waals surface area contributed by atoms with Gasteiger partial charge in [0.2, 0.25) is 5.88 Å². The molecule has 160 valence electrons. The fourth-order valence-electron chi connectivity index (χ4n) is 3.10. The van der Waals surface area contributed by atoms with Gasteiger partial charge in [-0.1, -0.05) is 11.3 Å². The normalized spacial score (nSPS) is 12.7. The molecular formula is C23H20N6O2S. The molecule has 1 aliphatic rings. The van der Waals surface area contributed by atoms with Crippen molar-refractivity contribution in [1.29, 1.82) is 0 Å². The lowest BCUT2D eigenvalue weighted by Crippen LogP contribution is -2.36. The highest BCUT2D eigenvalue weighted by molar-refractivity contribution is 7.18. The number of benzene rings is 1. The van der Waals surface area contributed by atoms with Gasteiger partial charge in [-0.25, -0.2) is 14.8 Å². The molecular weight excluding hydrogens is 424 g/mol. The van der Waals surface area contributed by atoms with Gasteiger partial charge in [-0.15, -0.1) is 0 Å². The Morgan fingerprint density at radius 1 is 0.938 bits per heavy atom. The monoisotopic (exact) mass is 444 g/mol. The standard InChI is InChI=1S/C23H20N6O2S/c30-22(27-17-3-1-10-24-13-17)28-18-6-9-21(25-14-18)31-19-7-4-16(5-8-19)20-15-26-23(32-20)29-11-2-12-29/h1,3-10,13-15H,2,11-12H2,(H2,27,28,30). The predicted octanol–water partition coefficient (Wildman–Crippen LogP) is 5.25. The first kappa shape index (κ1) is 20.0. The molecule has 3 aromatic heterocycles. The Kier molecular flexibility index (Phi) is 5.63. The number of anilines is 3. The highest BCUT2D eigenvalue weighted by Crippen LogP contribution is 2.34. The minimum absolute atomic E-state index is 0.371. The van der Waals surface area contributed by atoms with Crippen LogP contribution in [0.2, 0.25) is 0 Å². The summed E-state index contributed by atoms with van der Waals surface area (Å²) >= 11 is 1.71. The number of pyridine rings is 2. The van der Waals surface area contributed by atoms with E-state index in [1.54, 1.807) is 54.2 Å². The average molecular weight is 445 g/mol. The largest absolute Gasteiger partial charge is 0.439 e. The van der Waals surface area contributed by atoms with Gasteiger partial charge >= 0.3 is 6.03 Å². The Hall–Kier alpha value is -3.98. The molecule has 1 saturated heterocycles. The van der Waals surface area contributed by atoms with Crippen LogP contribution in [-0.4, -0.2) is 34.1 Å². The number of carbonyl (C=O) groups excluding carboxylic acids is 1. The van der Waals surface area contributed by atoms with Gasteiger partial charge in [0.15, 0.2) is 5.13 Å². The number of hydrogen-bond acceptors (Lipinski definition) is 7. The molecule has 1 fully saturated rings. The SMILES string of the molecule is O=C(Nc1cccnc1)Nc1ccc(Oc2ccc(-c3cnc(N4CCC4)s3)cc2)nc1.